The van der Waals surface area contributed by atoms with E-state index in [9.17, 15) is 27.4 Å². The standard InChI is InChI=1S/C30H35F2N5O4S/c1-3-20-6-4-7-21(10-20)16-37(17-28(38)27(33)13-22-11-24(31)15-25(32)12-22)30(39)23-8-5-9-26(14-23)35-42(40,41)29-18-36(2)19-34-29/h4-12,14-15,18-19,27-28,30,35,38-39H,3,13,16-17,33H2,1-2H3/t27-,28+,30?/m0/s1. The third kappa shape index (κ3) is 8.20. The Kier molecular flexibility index (Phi) is 10.1. The van der Waals surface area contributed by atoms with Gasteiger partial charge >= 0.3 is 0 Å². The summed E-state index contributed by atoms with van der Waals surface area (Å²) in [5.74, 6) is -1.48. The van der Waals surface area contributed by atoms with Gasteiger partial charge in [0.1, 0.15) is 17.9 Å². The van der Waals surface area contributed by atoms with E-state index in [0.717, 1.165) is 35.7 Å². The lowest BCUT2D eigenvalue weighted by Crippen LogP contribution is -2.45. The fourth-order valence-electron chi connectivity index (χ4n) is 4.65. The zero-order chi connectivity index (χ0) is 30.4. The van der Waals surface area contributed by atoms with E-state index in [1.165, 1.54) is 23.2 Å². The van der Waals surface area contributed by atoms with Crippen LogP contribution in [0.4, 0.5) is 14.5 Å². The number of hydrogen-bond acceptors (Lipinski definition) is 7. The van der Waals surface area contributed by atoms with Crippen molar-refractivity contribution in [3.8, 4) is 0 Å². The van der Waals surface area contributed by atoms with Crippen LogP contribution >= 0.6 is 0 Å². The van der Waals surface area contributed by atoms with Crippen LogP contribution in [0, 0.1) is 11.6 Å². The van der Waals surface area contributed by atoms with Crippen LogP contribution in [0.5, 0.6) is 0 Å². The third-order valence-electron chi connectivity index (χ3n) is 6.83. The van der Waals surface area contributed by atoms with Crippen molar-refractivity contribution in [1.82, 2.24) is 14.5 Å². The molecule has 0 aliphatic heterocycles. The van der Waals surface area contributed by atoms with E-state index in [0.29, 0.717) is 11.1 Å². The van der Waals surface area contributed by atoms with Gasteiger partial charge in [0.25, 0.3) is 10.0 Å². The molecule has 42 heavy (non-hydrogen) atoms. The highest BCUT2D eigenvalue weighted by atomic mass is 32.2. The fraction of sp³-hybridized carbons (Fsp3) is 0.300. The lowest BCUT2D eigenvalue weighted by molar-refractivity contribution is -0.0348. The summed E-state index contributed by atoms with van der Waals surface area (Å²) in [6.45, 7) is 2.18. The highest BCUT2D eigenvalue weighted by molar-refractivity contribution is 7.92. The van der Waals surface area contributed by atoms with E-state index in [4.69, 9.17) is 5.73 Å². The number of aliphatic hydroxyl groups excluding tert-OH is 2. The molecule has 12 heteroatoms. The minimum absolute atomic E-state index is 0.00981. The van der Waals surface area contributed by atoms with Gasteiger partial charge in [-0.25, -0.2) is 13.8 Å². The molecule has 1 unspecified atom stereocenters. The fourth-order valence-corrected chi connectivity index (χ4v) is 5.69. The van der Waals surface area contributed by atoms with Gasteiger partial charge in [-0.3, -0.25) is 9.62 Å². The van der Waals surface area contributed by atoms with Crippen LogP contribution in [0.25, 0.3) is 0 Å². The topological polar surface area (TPSA) is 134 Å². The SMILES string of the molecule is CCc1cccc(CN(C[C@@H](O)[C@@H](N)Cc2cc(F)cc(F)c2)C(O)c2cccc(NS(=O)(=O)c3cn(C)cn3)c2)c1. The lowest BCUT2D eigenvalue weighted by atomic mass is 10.0. The molecule has 0 aliphatic rings. The first kappa shape index (κ1) is 31.3. The van der Waals surface area contributed by atoms with E-state index >= 15 is 0 Å². The summed E-state index contributed by atoms with van der Waals surface area (Å²) in [6.07, 6.45) is 1.13. The predicted molar refractivity (Wildman–Crippen MR) is 156 cm³/mol. The van der Waals surface area contributed by atoms with Crippen molar-refractivity contribution in [1.29, 1.82) is 0 Å². The molecule has 9 nitrogen and oxygen atoms in total. The van der Waals surface area contributed by atoms with Gasteiger partial charge in [0.15, 0.2) is 5.03 Å². The first-order chi connectivity index (χ1) is 19.9. The van der Waals surface area contributed by atoms with Crippen LogP contribution in [-0.4, -0.2) is 51.8 Å². The molecule has 0 saturated heterocycles. The highest BCUT2D eigenvalue weighted by Gasteiger charge is 2.26. The number of nitrogens with zero attached hydrogens (tertiary/aromatic N) is 3. The summed E-state index contributed by atoms with van der Waals surface area (Å²) in [6, 6.07) is 16.3. The Labute approximate surface area is 244 Å². The number of aliphatic hydroxyl groups is 2. The normalized spacial score (nSPS) is 14.1. The minimum Gasteiger partial charge on any atom is -0.390 e. The average Bonchev–Trinajstić information content (AvgIpc) is 3.39. The maximum absolute atomic E-state index is 13.7. The van der Waals surface area contributed by atoms with Gasteiger partial charge in [0, 0.05) is 44.1 Å². The van der Waals surface area contributed by atoms with Crippen molar-refractivity contribution < 1.29 is 27.4 Å². The molecule has 1 aromatic heterocycles. The third-order valence-corrected chi connectivity index (χ3v) is 8.10. The van der Waals surface area contributed by atoms with E-state index < -0.39 is 40.0 Å². The summed E-state index contributed by atoms with van der Waals surface area (Å²) in [7, 11) is -2.31. The van der Waals surface area contributed by atoms with Crippen molar-refractivity contribution in [2.45, 2.75) is 49.7 Å². The second-order valence-corrected chi connectivity index (χ2v) is 11.9. The summed E-state index contributed by atoms with van der Waals surface area (Å²) in [4.78, 5) is 5.50. The van der Waals surface area contributed by atoms with Gasteiger partial charge in [-0.1, -0.05) is 43.3 Å². The Hall–Kier alpha value is -3.68. The van der Waals surface area contributed by atoms with Crippen molar-refractivity contribution >= 4 is 15.7 Å². The number of nitrogens with one attached hydrogen (secondary N) is 1. The molecule has 0 spiro atoms. The smallest absolute Gasteiger partial charge is 0.280 e. The molecular formula is C30H35F2N5O4S. The van der Waals surface area contributed by atoms with Crippen LogP contribution in [-0.2, 0) is 36.5 Å². The Bertz CT molecular complexity index is 1590. The van der Waals surface area contributed by atoms with Gasteiger partial charge in [0.05, 0.1) is 12.4 Å². The van der Waals surface area contributed by atoms with Crippen molar-refractivity contribution in [3.63, 3.8) is 0 Å². The summed E-state index contributed by atoms with van der Waals surface area (Å²) >= 11 is 0. The molecule has 3 atom stereocenters. The number of benzene rings is 3. The number of anilines is 1. The molecule has 0 amide bonds. The molecule has 0 fully saturated rings. The maximum atomic E-state index is 13.7. The molecule has 3 aromatic carbocycles. The number of rotatable bonds is 13. The first-order valence-electron chi connectivity index (χ1n) is 13.4. The maximum Gasteiger partial charge on any atom is 0.280 e. The molecule has 4 rings (SSSR count). The number of nitrogens with two attached hydrogens (primary N) is 1. The van der Waals surface area contributed by atoms with Gasteiger partial charge in [0.2, 0.25) is 0 Å². The molecule has 0 bridgehead atoms. The molecule has 5 N–H and O–H groups in total. The minimum atomic E-state index is -3.96. The van der Waals surface area contributed by atoms with E-state index in [-0.39, 0.29) is 30.2 Å². The van der Waals surface area contributed by atoms with Gasteiger partial charge in [-0.2, -0.15) is 8.42 Å². The van der Waals surface area contributed by atoms with Gasteiger partial charge in [-0.05, 0) is 59.4 Å². The Morgan fingerprint density at radius 2 is 1.69 bits per heavy atom. The number of imidazole rings is 1. The largest absolute Gasteiger partial charge is 0.390 e. The van der Waals surface area contributed by atoms with Crippen LogP contribution in [0.2, 0.25) is 0 Å². The molecule has 4 aromatic rings. The summed E-state index contributed by atoms with van der Waals surface area (Å²) < 4.78 is 57.0. The predicted octanol–water partition coefficient (Wildman–Crippen LogP) is 3.49. The van der Waals surface area contributed by atoms with Crippen molar-refractivity contribution in [2.24, 2.45) is 12.8 Å². The van der Waals surface area contributed by atoms with Gasteiger partial charge < -0.3 is 20.5 Å². The summed E-state index contributed by atoms with van der Waals surface area (Å²) in [5, 5.41) is 22.4. The number of sulfonamides is 1. The Morgan fingerprint density at radius 3 is 2.36 bits per heavy atom. The van der Waals surface area contributed by atoms with Crippen molar-refractivity contribution in [2.75, 3.05) is 11.3 Å². The highest BCUT2D eigenvalue weighted by Crippen LogP contribution is 2.25. The van der Waals surface area contributed by atoms with Crippen LogP contribution in [0.3, 0.4) is 0 Å². The van der Waals surface area contributed by atoms with Crippen LogP contribution < -0.4 is 10.5 Å². The Morgan fingerprint density at radius 1 is 1.00 bits per heavy atom. The molecular weight excluding hydrogens is 564 g/mol. The molecule has 0 saturated carbocycles. The molecule has 0 aliphatic carbocycles. The molecule has 0 radical (unpaired) electrons. The van der Waals surface area contributed by atoms with E-state index in [1.807, 2.05) is 31.2 Å². The van der Waals surface area contributed by atoms with Crippen LogP contribution in [0.1, 0.15) is 35.4 Å². The number of halogens is 2. The lowest BCUT2D eigenvalue weighted by Gasteiger charge is -2.32. The van der Waals surface area contributed by atoms with Gasteiger partial charge in [-0.15, -0.1) is 0 Å². The zero-order valence-electron chi connectivity index (χ0n) is 23.4. The number of aryl methyl sites for hydroxylation is 2. The quantitative estimate of drug-likeness (QED) is 0.173. The second kappa shape index (κ2) is 13.5. The van der Waals surface area contributed by atoms with E-state index in [2.05, 4.69) is 9.71 Å². The van der Waals surface area contributed by atoms with Crippen LogP contribution in [0.15, 0.2) is 84.3 Å². The van der Waals surface area contributed by atoms with E-state index in [1.54, 1.807) is 30.1 Å². The molecule has 224 valence electrons. The monoisotopic (exact) mass is 599 g/mol. The van der Waals surface area contributed by atoms with Crippen molar-refractivity contribution in [3.05, 3.63) is 113 Å². The second-order valence-electron chi connectivity index (χ2n) is 10.3. The zero-order valence-corrected chi connectivity index (χ0v) is 24.2. The molecule has 1 heterocycles. The number of aromatic nitrogens is 2. The number of hydrogen-bond donors (Lipinski definition) is 4. The average molecular weight is 600 g/mol. The Balaban J connectivity index is 1.57. The first-order valence-corrected chi connectivity index (χ1v) is 14.9. The summed E-state index contributed by atoms with van der Waals surface area (Å²) in [5.41, 5.74) is 9.11.